The molecule has 0 bridgehead atoms. The van der Waals surface area contributed by atoms with Gasteiger partial charge in [-0.05, 0) is 37.6 Å². The molecule has 1 saturated carbocycles. The standard InChI is InChI=1S/C15H20N2O3/c1-17(10-14(18)16-13-6-7-13)9-11-4-3-5-12(8-11)15(19)20-2/h3-5,8,13H,6-7,9-10H2,1-2H3,(H,16,18). The van der Waals surface area contributed by atoms with Gasteiger partial charge in [-0.3, -0.25) is 9.69 Å². The number of carbonyl (C=O) groups excluding carboxylic acids is 2. The van der Waals surface area contributed by atoms with Gasteiger partial charge in [0.1, 0.15) is 0 Å². The van der Waals surface area contributed by atoms with Crippen LogP contribution >= 0.6 is 0 Å². The lowest BCUT2D eigenvalue weighted by atomic mass is 10.1. The van der Waals surface area contributed by atoms with E-state index in [-0.39, 0.29) is 11.9 Å². The van der Waals surface area contributed by atoms with Crippen molar-refractivity contribution >= 4 is 11.9 Å². The van der Waals surface area contributed by atoms with E-state index in [9.17, 15) is 9.59 Å². The molecule has 2 rings (SSSR count). The lowest BCUT2D eigenvalue weighted by Gasteiger charge is -2.16. The summed E-state index contributed by atoms with van der Waals surface area (Å²) in [5.74, 6) is -0.292. The van der Waals surface area contributed by atoms with Crippen LogP contribution in [-0.4, -0.2) is 43.5 Å². The van der Waals surface area contributed by atoms with E-state index in [1.807, 2.05) is 24.1 Å². The Balaban J connectivity index is 1.87. The third kappa shape index (κ3) is 4.35. The van der Waals surface area contributed by atoms with Crippen molar-refractivity contribution in [2.45, 2.75) is 25.4 Å². The normalized spacial score (nSPS) is 14.2. The first kappa shape index (κ1) is 14.5. The Kier molecular flexibility index (Phi) is 4.74. The van der Waals surface area contributed by atoms with Crippen LogP contribution in [0.5, 0.6) is 0 Å². The second-order valence-electron chi connectivity index (χ2n) is 5.21. The number of methoxy groups -OCH3 is 1. The molecule has 0 radical (unpaired) electrons. The van der Waals surface area contributed by atoms with Crippen molar-refractivity contribution in [2.75, 3.05) is 20.7 Å². The highest BCUT2D eigenvalue weighted by atomic mass is 16.5. The summed E-state index contributed by atoms with van der Waals surface area (Å²) in [6.45, 7) is 0.974. The number of ether oxygens (including phenoxy) is 1. The molecule has 1 aromatic rings. The minimum absolute atomic E-state index is 0.0547. The predicted octanol–water partition coefficient (Wildman–Crippen LogP) is 1.18. The van der Waals surface area contributed by atoms with Crippen LogP contribution in [0.15, 0.2) is 24.3 Å². The lowest BCUT2D eigenvalue weighted by molar-refractivity contribution is -0.122. The molecule has 5 heteroatoms. The van der Waals surface area contributed by atoms with Crippen molar-refractivity contribution in [1.82, 2.24) is 10.2 Å². The van der Waals surface area contributed by atoms with Crippen molar-refractivity contribution in [3.8, 4) is 0 Å². The third-order valence-electron chi connectivity index (χ3n) is 3.16. The van der Waals surface area contributed by atoms with E-state index >= 15 is 0 Å². The second kappa shape index (κ2) is 6.52. The van der Waals surface area contributed by atoms with Crippen LogP contribution in [0.2, 0.25) is 0 Å². The number of amides is 1. The highest BCUT2D eigenvalue weighted by Crippen LogP contribution is 2.18. The van der Waals surface area contributed by atoms with Gasteiger partial charge in [-0.25, -0.2) is 4.79 Å². The van der Waals surface area contributed by atoms with Crippen molar-refractivity contribution in [2.24, 2.45) is 0 Å². The maximum atomic E-state index is 11.7. The average molecular weight is 276 g/mol. The molecule has 0 aliphatic heterocycles. The van der Waals surface area contributed by atoms with Gasteiger partial charge in [-0.15, -0.1) is 0 Å². The van der Waals surface area contributed by atoms with Crippen molar-refractivity contribution in [3.63, 3.8) is 0 Å². The van der Waals surface area contributed by atoms with Gasteiger partial charge in [0.15, 0.2) is 0 Å². The molecule has 0 spiro atoms. The summed E-state index contributed by atoms with van der Waals surface area (Å²) < 4.78 is 4.69. The van der Waals surface area contributed by atoms with Crippen LogP contribution in [0.25, 0.3) is 0 Å². The van der Waals surface area contributed by atoms with Crippen LogP contribution < -0.4 is 5.32 Å². The number of nitrogens with one attached hydrogen (secondary N) is 1. The van der Waals surface area contributed by atoms with Gasteiger partial charge in [0.25, 0.3) is 0 Å². The van der Waals surface area contributed by atoms with Crippen LogP contribution in [0, 0.1) is 0 Å². The monoisotopic (exact) mass is 276 g/mol. The van der Waals surface area contributed by atoms with E-state index in [1.54, 1.807) is 12.1 Å². The Morgan fingerprint density at radius 3 is 2.80 bits per heavy atom. The van der Waals surface area contributed by atoms with Gasteiger partial charge < -0.3 is 10.1 Å². The Morgan fingerprint density at radius 2 is 2.15 bits per heavy atom. The van der Waals surface area contributed by atoms with Crippen LogP contribution in [-0.2, 0) is 16.1 Å². The molecule has 20 heavy (non-hydrogen) atoms. The quantitative estimate of drug-likeness (QED) is 0.793. The summed E-state index contributed by atoms with van der Waals surface area (Å²) in [5, 5.41) is 2.95. The van der Waals surface area contributed by atoms with Gasteiger partial charge in [0, 0.05) is 12.6 Å². The molecule has 0 aromatic heterocycles. The first-order chi connectivity index (χ1) is 9.58. The third-order valence-corrected chi connectivity index (χ3v) is 3.16. The fourth-order valence-electron chi connectivity index (χ4n) is 2.03. The average Bonchev–Trinajstić information content (AvgIpc) is 3.21. The van der Waals surface area contributed by atoms with Crippen molar-refractivity contribution in [3.05, 3.63) is 35.4 Å². The number of benzene rings is 1. The molecule has 0 unspecified atom stereocenters. The van der Waals surface area contributed by atoms with Crippen LogP contribution in [0.4, 0.5) is 0 Å². The minimum Gasteiger partial charge on any atom is -0.465 e. The second-order valence-corrected chi connectivity index (χ2v) is 5.21. The van der Waals surface area contributed by atoms with E-state index in [0.717, 1.165) is 18.4 Å². The Bertz CT molecular complexity index is 498. The van der Waals surface area contributed by atoms with Gasteiger partial charge >= 0.3 is 5.97 Å². The zero-order valence-electron chi connectivity index (χ0n) is 11.9. The van der Waals surface area contributed by atoms with Crippen LogP contribution in [0.1, 0.15) is 28.8 Å². The van der Waals surface area contributed by atoms with Gasteiger partial charge in [-0.1, -0.05) is 12.1 Å². The summed E-state index contributed by atoms with van der Waals surface area (Å²) >= 11 is 0. The molecule has 0 heterocycles. The number of rotatable bonds is 6. The Labute approximate surface area is 118 Å². The van der Waals surface area contributed by atoms with Crippen LogP contribution in [0.3, 0.4) is 0 Å². The number of likely N-dealkylation sites (N-methyl/N-ethyl adjacent to an activating group) is 1. The maximum Gasteiger partial charge on any atom is 0.337 e. The SMILES string of the molecule is COC(=O)c1cccc(CN(C)CC(=O)NC2CC2)c1. The van der Waals surface area contributed by atoms with Gasteiger partial charge in [0.05, 0.1) is 19.2 Å². The molecule has 1 aliphatic rings. The zero-order valence-corrected chi connectivity index (χ0v) is 11.9. The topological polar surface area (TPSA) is 58.6 Å². The number of esters is 1. The highest BCUT2D eigenvalue weighted by molar-refractivity contribution is 5.89. The molecule has 1 aromatic carbocycles. The van der Waals surface area contributed by atoms with Crippen molar-refractivity contribution < 1.29 is 14.3 Å². The minimum atomic E-state index is -0.346. The molecule has 1 aliphatic carbocycles. The molecule has 108 valence electrons. The van der Waals surface area contributed by atoms with Gasteiger partial charge in [-0.2, -0.15) is 0 Å². The Hall–Kier alpha value is -1.88. The van der Waals surface area contributed by atoms with E-state index in [1.165, 1.54) is 7.11 Å². The maximum absolute atomic E-state index is 11.7. The highest BCUT2D eigenvalue weighted by Gasteiger charge is 2.23. The number of hydrogen-bond acceptors (Lipinski definition) is 4. The Morgan fingerprint density at radius 1 is 1.40 bits per heavy atom. The molecule has 0 atom stereocenters. The number of nitrogens with zero attached hydrogens (tertiary/aromatic N) is 1. The van der Waals surface area contributed by atoms with E-state index in [0.29, 0.717) is 24.7 Å². The summed E-state index contributed by atoms with van der Waals surface area (Å²) in [6, 6.07) is 7.65. The largest absolute Gasteiger partial charge is 0.465 e. The first-order valence-corrected chi connectivity index (χ1v) is 6.73. The first-order valence-electron chi connectivity index (χ1n) is 6.73. The molecular weight excluding hydrogens is 256 g/mol. The fraction of sp³-hybridized carbons (Fsp3) is 0.467. The summed E-state index contributed by atoms with van der Waals surface area (Å²) in [7, 11) is 3.25. The molecule has 0 saturated heterocycles. The molecule has 5 nitrogen and oxygen atoms in total. The van der Waals surface area contributed by atoms with E-state index in [2.05, 4.69) is 5.32 Å². The molecule has 1 N–H and O–H groups in total. The number of carbonyl (C=O) groups is 2. The van der Waals surface area contributed by atoms with Crippen molar-refractivity contribution in [1.29, 1.82) is 0 Å². The lowest BCUT2D eigenvalue weighted by Crippen LogP contribution is -2.35. The fourth-order valence-corrected chi connectivity index (χ4v) is 2.03. The van der Waals surface area contributed by atoms with Gasteiger partial charge in [0.2, 0.25) is 5.91 Å². The summed E-state index contributed by atoms with van der Waals surface area (Å²) in [5.41, 5.74) is 1.51. The predicted molar refractivity (Wildman–Crippen MR) is 75.3 cm³/mol. The molecule has 1 fully saturated rings. The summed E-state index contributed by atoms with van der Waals surface area (Å²) in [4.78, 5) is 25.1. The van der Waals surface area contributed by atoms with E-state index in [4.69, 9.17) is 4.74 Å². The number of hydrogen-bond donors (Lipinski definition) is 1. The smallest absolute Gasteiger partial charge is 0.337 e. The molecule has 1 amide bonds. The summed E-state index contributed by atoms with van der Waals surface area (Å²) in [6.07, 6.45) is 2.19. The van der Waals surface area contributed by atoms with E-state index < -0.39 is 0 Å². The zero-order chi connectivity index (χ0) is 14.5. The molecular formula is C15H20N2O3.